The van der Waals surface area contributed by atoms with Crippen molar-refractivity contribution in [2.45, 2.75) is 6.42 Å². The van der Waals surface area contributed by atoms with Crippen LogP contribution in [0.5, 0.6) is 0 Å². The number of amides is 2. The maximum atomic E-state index is 12.1. The number of rotatable bonds is 6. The zero-order chi connectivity index (χ0) is 21.5. The first-order chi connectivity index (χ1) is 15.2. The molecule has 1 aliphatic rings. The number of benzene rings is 2. The summed E-state index contributed by atoms with van der Waals surface area (Å²) in [7, 11) is 0. The average molecular weight is 436 g/mol. The van der Waals surface area contributed by atoms with Crippen LogP contribution in [0.4, 0.5) is 5.69 Å². The topological polar surface area (TPSA) is 77.6 Å². The Labute approximate surface area is 185 Å². The van der Waals surface area contributed by atoms with Gasteiger partial charge in [-0.25, -0.2) is 4.98 Å². The molecule has 8 heteroatoms. The third kappa shape index (κ3) is 5.90. The Morgan fingerprint density at radius 3 is 2.48 bits per heavy atom. The average Bonchev–Trinajstić information content (AvgIpc) is 3.24. The summed E-state index contributed by atoms with van der Waals surface area (Å²) >= 11 is 1.51. The SMILES string of the molecule is O=C(/C=C/c1nc2ccccc2s1)NNC(=O)CCN1CCN(c2ccccc2)CC1. The molecule has 31 heavy (non-hydrogen) atoms. The van der Waals surface area contributed by atoms with Crippen molar-refractivity contribution < 1.29 is 9.59 Å². The van der Waals surface area contributed by atoms with E-state index in [9.17, 15) is 9.59 Å². The lowest BCUT2D eigenvalue weighted by atomic mass is 10.2. The third-order valence-electron chi connectivity index (χ3n) is 5.16. The van der Waals surface area contributed by atoms with Crippen molar-refractivity contribution in [1.29, 1.82) is 0 Å². The van der Waals surface area contributed by atoms with Gasteiger partial charge in [0.05, 0.1) is 10.2 Å². The van der Waals surface area contributed by atoms with Gasteiger partial charge < -0.3 is 4.90 Å². The van der Waals surface area contributed by atoms with Gasteiger partial charge in [0, 0.05) is 50.9 Å². The van der Waals surface area contributed by atoms with E-state index in [0.29, 0.717) is 13.0 Å². The van der Waals surface area contributed by atoms with E-state index in [2.05, 4.69) is 49.9 Å². The highest BCUT2D eigenvalue weighted by Crippen LogP contribution is 2.22. The van der Waals surface area contributed by atoms with E-state index in [-0.39, 0.29) is 11.8 Å². The Morgan fingerprint density at radius 1 is 0.968 bits per heavy atom. The predicted molar refractivity (Wildman–Crippen MR) is 125 cm³/mol. The van der Waals surface area contributed by atoms with E-state index >= 15 is 0 Å². The minimum absolute atomic E-state index is 0.202. The van der Waals surface area contributed by atoms with Crippen molar-refractivity contribution in [1.82, 2.24) is 20.7 Å². The van der Waals surface area contributed by atoms with Crippen LogP contribution in [0, 0.1) is 0 Å². The fourth-order valence-corrected chi connectivity index (χ4v) is 4.34. The van der Waals surface area contributed by atoms with Crippen molar-refractivity contribution in [3.05, 3.63) is 65.7 Å². The lowest BCUT2D eigenvalue weighted by Crippen LogP contribution is -2.48. The van der Waals surface area contributed by atoms with Gasteiger partial charge in [0.25, 0.3) is 5.91 Å². The third-order valence-corrected chi connectivity index (χ3v) is 6.16. The van der Waals surface area contributed by atoms with E-state index in [1.807, 2.05) is 30.3 Å². The predicted octanol–water partition coefficient (Wildman–Crippen LogP) is 2.67. The van der Waals surface area contributed by atoms with Crippen LogP contribution >= 0.6 is 11.3 Å². The Morgan fingerprint density at radius 2 is 1.71 bits per heavy atom. The molecule has 2 N–H and O–H groups in total. The van der Waals surface area contributed by atoms with Crippen LogP contribution in [0.15, 0.2) is 60.7 Å². The highest BCUT2D eigenvalue weighted by Gasteiger charge is 2.17. The molecule has 0 aliphatic carbocycles. The quantitative estimate of drug-likeness (QED) is 0.460. The first kappa shape index (κ1) is 21.0. The number of hydrogen-bond donors (Lipinski definition) is 2. The number of hydrazine groups is 1. The van der Waals surface area contributed by atoms with Gasteiger partial charge in [0.2, 0.25) is 5.91 Å². The van der Waals surface area contributed by atoms with Crippen molar-refractivity contribution in [2.75, 3.05) is 37.6 Å². The Kier molecular flexibility index (Phi) is 6.91. The van der Waals surface area contributed by atoms with E-state index < -0.39 is 0 Å². The fraction of sp³-hybridized carbons (Fsp3) is 0.261. The molecular formula is C23H25N5O2S. The molecule has 1 saturated heterocycles. The lowest BCUT2D eigenvalue weighted by Gasteiger charge is -2.36. The molecular weight excluding hydrogens is 410 g/mol. The molecule has 2 heterocycles. The largest absolute Gasteiger partial charge is 0.369 e. The molecule has 1 aliphatic heterocycles. The summed E-state index contributed by atoms with van der Waals surface area (Å²) in [4.78, 5) is 33.1. The van der Waals surface area contributed by atoms with Gasteiger partial charge in [-0.1, -0.05) is 30.3 Å². The van der Waals surface area contributed by atoms with E-state index in [1.165, 1.54) is 23.1 Å². The Balaban J connectivity index is 1.14. The number of hydrogen-bond acceptors (Lipinski definition) is 6. The van der Waals surface area contributed by atoms with Crippen LogP contribution in [0.3, 0.4) is 0 Å². The van der Waals surface area contributed by atoms with Gasteiger partial charge in [-0.3, -0.25) is 25.3 Å². The monoisotopic (exact) mass is 435 g/mol. The Bertz CT molecular complexity index is 1030. The summed E-state index contributed by atoms with van der Waals surface area (Å²) in [5.74, 6) is -0.587. The summed E-state index contributed by atoms with van der Waals surface area (Å²) in [6.07, 6.45) is 3.37. The van der Waals surface area contributed by atoms with Gasteiger partial charge in [-0.2, -0.15) is 0 Å². The normalized spacial score (nSPS) is 14.8. The number of fused-ring (bicyclic) bond motifs is 1. The first-order valence-corrected chi connectivity index (χ1v) is 11.1. The number of nitrogens with zero attached hydrogens (tertiary/aromatic N) is 3. The van der Waals surface area contributed by atoms with Crippen LogP contribution < -0.4 is 15.8 Å². The fourth-order valence-electron chi connectivity index (χ4n) is 3.47. The molecule has 0 spiro atoms. The van der Waals surface area contributed by atoms with Crippen molar-refractivity contribution in [3.63, 3.8) is 0 Å². The number of thiazole rings is 1. The number of nitrogens with one attached hydrogen (secondary N) is 2. The number of anilines is 1. The van der Waals surface area contributed by atoms with Gasteiger partial charge in [-0.15, -0.1) is 11.3 Å². The summed E-state index contributed by atoms with van der Waals surface area (Å²) < 4.78 is 1.07. The zero-order valence-electron chi connectivity index (χ0n) is 17.2. The highest BCUT2D eigenvalue weighted by molar-refractivity contribution is 7.19. The maximum Gasteiger partial charge on any atom is 0.262 e. The van der Waals surface area contributed by atoms with E-state index in [0.717, 1.165) is 41.4 Å². The van der Waals surface area contributed by atoms with Crippen LogP contribution in [0.2, 0.25) is 0 Å². The molecule has 1 aromatic heterocycles. The number of piperazine rings is 1. The standard InChI is InChI=1S/C23H25N5O2S/c29-21(10-11-23-24-19-8-4-5-9-20(19)31-23)25-26-22(30)12-13-27-14-16-28(17-15-27)18-6-2-1-3-7-18/h1-11H,12-17H2,(H,25,29)(H,26,30)/b11-10+. The van der Waals surface area contributed by atoms with Gasteiger partial charge in [-0.05, 0) is 30.3 Å². The van der Waals surface area contributed by atoms with Crippen LogP contribution in [0.25, 0.3) is 16.3 Å². The molecule has 160 valence electrons. The van der Waals surface area contributed by atoms with Crippen LogP contribution in [-0.2, 0) is 9.59 Å². The summed E-state index contributed by atoms with van der Waals surface area (Å²) in [5, 5.41) is 0.748. The van der Waals surface area contributed by atoms with Crippen LogP contribution in [0.1, 0.15) is 11.4 Å². The smallest absolute Gasteiger partial charge is 0.262 e. The number of para-hydroxylation sites is 2. The summed E-state index contributed by atoms with van der Waals surface area (Å²) in [6, 6.07) is 18.2. The van der Waals surface area contributed by atoms with Crippen molar-refractivity contribution in [3.8, 4) is 0 Å². The zero-order valence-corrected chi connectivity index (χ0v) is 18.0. The molecule has 4 rings (SSSR count). The second kappa shape index (κ2) is 10.2. The molecule has 3 aromatic rings. The number of aromatic nitrogens is 1. The van der Waals surface area contributed by atoms with Gasteiger partial charge >= 0.3 is 0 Å². The van der Waals surface area contributed by atoms with E-state index in [4.69, 9.17) is 0 Å². The molecule has 0 bridgehead atoms. The lowest BCUT2D eigenvalue weighted by molar-refractivity contribution is -0.127. The van der Waals surface area contributed by atoms with Crippen molar-refractivity contribution in [2.24, 2.45) is 0 Å². The Hall–Kier alpha value is -3.23. The molecule has 0 radical (unpaired) electrons. The van der Waals surface area contributed by atoms with E-state index in [1.54, 1.807) is 6.08 Å². The molecule has 2 amide bonds. The molecule has 0 saturated carbocycles. The van der Waals surface area contributed by atoms with Gasteiger partial charge in [0.1, 0.15) is 5.01 Å². The molecule has 2 aromatic carbocycles. The first-order valence-electron chi connectivity index (χ1n) is 10.3. The molecule has 0 unspecified atom stereocenters. The summed E-state index contributed by atoms with van der Waals surface area (Å²) in [5.41, 5.74) is 7.05. The highest BCUT2D eigenvalue weighted by atomic mass is 32.1. The van der Waals surface area contributed by atoms with Crippen molar-refractivity contribution >= 4 is 45.1 Å². The number of carbonyl (C=O) groups is 2. The molecule has 1 fully saturated rings. The second-order valence-electron chi connectivity index (χ2n) is 7.30. The molecule has 0 atom stereocenters. The number of carbonyl (C=O) groups excluding carboxylic acids is 2. The minimum atomic E-state index is -0.385. The maximum absolute atomic E-state index is 12.1. The van der Waals surface area contributed by atoms with Crippen LogP contribution in [-0.4, -0.2) is 54.4 Å². The minimum Gasteiger partial charge on any atom is -0.369 e. The summed E-state index contributed by atoms with van der Waals surface area (Å²) in [6.45, 7) is 4.39. The van der Waals surface area contributed by atoms with Gasteiger partial charge in [0.15, 0.2) is 0 Å². The molecule has 7 nitrogen and oxygen atoms in total. The second-order valence-corrected chi connectivity index (χ2v) is 8.37.